The summed E-state index contributed by atoms with van der Waals surface area (Å²) in [4.78, 5) is 11.2. The summed E-state index contributed by atoms with van der Waals surface area (Å²) in [6.45, 7) is 6.34. The first-order valence-electron chi connectivity index (χ1n) is 6.88. The molecule has 0 spiro atoms. The minimum atomic E-state index is -0.309. The Labute approximate surface area is 112 Å². The lowest BCUT2D eigenvalue weighted by molar-refractivity contribution is -0.114. The van der Waals surface area contributed by atoms with E-state index in [1.165, 1.54) is 6.42 Å². The smallest absolute Gasteiger partial charge is 0.244 e. The molecule has 2 heteroatoms. The van der Waals surface area contributed by atoms with Crippen molar-refractivity contribution in [3.05, 3.63) is 36.0 Å². The van der Waals surface area contributed by atoms with Gasteiger partial charge in [0.1, 0.15) is 0 Å². The first-order chi connectivity index (χ1) is 8.57. The van der Waals surface area contributed by atoms with Crippen LogP contribution in [0.5, 0.6) is 0 Å². The molecule has 0 aliphatic heterocycles. The number of carbonyl (C=O) groups is 1. The molecule has 0 aromatic rings. The second kappa shape index (κ2) is 10.8. The van der Waals surface area contributed by atoms with Crippen LogP contribution in [0.15, 0.2) is 36.0 Å². The summed E-state index contributed by atoms with van der Waals surface area (Å²) in [6.07, 6.45) is 15.5. The Hall–Kier alpha value is -1.31. The highest BCUT2D eigenvalue weighted by molar-refractivity contribution is 5.92. The molecule has 2 N–H and O–H groups in total. The summed E-state index contributed by atoms with van der Waals surface area (Å²) in [5.74, 6) is 0.144. The van der Waals surface area contributed by atoms with Gasteiger partial charge in [-0.15, -0.1) is 0 Å². The molecule has 0 rings (SSSR count). The predicted octanol–water partition coefficient (Wildman–Crippen LogP) is 4.14. The number of allylic oxidation sites excluding steroid dienone is 5. The Morgan fingerprint density at radius 3 is 2.28 bits per heavy atom. The molecule has 102 valence electrons. The van der Waals surface area contributed by atoms with E-state index in [4.69, 9.17) is 5.73 Å². The Morgan fingerprint density at radius 2 is 1.72 bits per heavy atom. The van der Waals surface area contributed by atoms with Gasteiger partial charge in [-0.2, -0.15) is 0 Å². The van der Waals surface area contributed by atoms with Crippen LogP contribution < -0.4 is 5.73 Å². The van der Waals surface area contributed by atoms with E-state index in [-0.39, 0.29) is 5.91 Å². The van der Waals surface area contributed by atoms with Gasteiger partial charge in [0.25, 0.3) is 0 Å². The molecule has 0 aromatic carbocycles. The molecule has 18 heavy (non-hydrogen) atoms. The minimum absolute atomic E-state index is 0.309. The number of rotatable bonds is 9. The zero-order valence-electron chi connectivity index (χ0n) is 12.0. The lowest BCUT2D eigenvalue weighted by Crippen LogP contribution is -2.15. The van der Waals surface area contributed by atoms with Gasteiger partial charge in [-0.25, -0.2) is 0 Å². The van der Waals surface area contributed by atoms with Crippen molar-refractivity contribution in [2.75, 3.05) is 0 Å². The lowest BCUT2D eigenvalue weighted by atomic mass is 10.0. The van der Waals surface area contributed by atoms with Gasteiger partial charge in [0.15, 0.2) is 0 Å². The fraction of sp³-hybridized carbons (Fsp3) is 0.562. The second-order valence-corrected chi connectivity index (χ2v) is 4.92. The highest BCUT2D eigenvalue weighted by Gasteiger charge is 2.05. The van der Waals surface area contributed by atoms with Gasteiger partial charge in [-0.3, -0.25) is 4.79 Å². The number of unbranched alkanes of at least 4 members (excludes halogenated alkanes) is 2. The number of amides is 1. The van der Waals surface area contributed by atoms with E-state index in [2.05, 4.69) is 39.0 Å². The Balaban J connectivity index is 4.04. The molecule has 0 saturated carbocycles. The van der Waals surface area contributed by atoms with Crippen molar-refractivity contribution in [1.82, 2.24) is 0 Å². The summed E-state index contributed by atoms with van der Waals surface area (Å²) in [5, 5.41) is 0. The molecule has 0 aliphatic carbocycles. The van der Waals surface area contributed by atoms with Crippen molar-refractivity contribution in [1.29, 1.82) is 0 Å². The highest BCUT2D eigenvalue weighted by atomic mass is 16.1. The fourth-order valence-corrected chi connectivity index (χ4v) is 1.57. The third-order valence-electron chi connectivity index (χ3n) is 2.50. The van der Waals surface area contributed by atoms with Crippen molar-refractivity contribution in [3.63, 3.8) is 0 Å². The SMILES string of the molecule is CCCC=CCCC=CC=C(CC(C)C)C(N)=O. The topological polar surface area (TPSA) is 43.1 Å². The minimum Gasteiger partial charge on any atom is -0.366 e. The third kappa shape index (κ3) is 9.88. The summed E-state index contributed by atoms with van der Waals surface area (Å²) < 4.78 is 0. The number of primary amides is 1. The maximum atomic E-state index is 11.2. The number of hydrogen-bond acceptors (Lipinski definition) is 1. The van der Waals surface area contributed by atoms with Crippen molar-refractivity contribution in [2.24, 2.45) is 11.7 Å². The van der Waals surface area contributed by atoms with E-state index < -0.39 is 0 Å². The summed E-state index contributed by atoms with van der Waals surface area (Å²) >= 11 is 0. The van der Waals surface area contributed by atoms with Crippen LogP contribution in [0, 0.1) is 5.92 Å². The molecular weight excluding hydrogens is 222 g/mol. The van der Waals surface area contributed by atoms with Crippen LogP contribution in [0.25, 0.3) is 0 Å². The Bertz CT molecular complexity index is 311. The lowest BCUT2D eigenvalue weighted by Gasteiger charge is -2.04. The zero-order chi connectivity index (χ0) is 13.8. The molecule has 0 unspecified atom stereocenters. The molecule has 0 fully saturated rings. The van der Waals surface area contributed by atoms with Gasteiger partial charge in [0.05, 0.1) is 0 Å². The zero-order valence-corrected chi connectivity index (χ0v) is 12.0. The number of hydrogen-bond donors (Lipinski definition) is 1. The quantitative estimate of drug-likeness (QED) is 0.284. The van der Waals surface area contributed by atoms with Crippen molar-refractivity contribution in [3.8, 4) is 0 Å². The highest BCUT2D eigenvalue weighted by Crippen LogP contribution is 2.10. The summed E-state index contributed by atoms with van der Waals surface area (Å²) in [5.41, 5.74) is 6.04. The molecule has 0 atom stereocenters. The summed E-state index contributed by atoms with van der Waals surface area (Å²) in [6, 6.07) is 0. The molecular formula is C16H27NO. The average molecular weight is 249 g/mol. The number of carbonyl (C=O) groups excluding carboxylic acids is 1. The summed E-state index contributed by atoms with van der Waals surface area (Å²) in [7, 11) is 0. The monoisotopic (exact) mass is 249 g/mol. The van der Waals surface area contributed by atoms with Crippen molar-refractivity contribution < 1.29 is 4.79 Å². The van der Waals surface area contributed by atoms with E-state index in [9.17, 15) is 4.79 Å². The van der Waals surface area contributed by atoms with Gasteiger partial charge in [0, 0.05) is 5.57 Å². The average Bonchev–Trinajstić information content (AvgIpc) is 2.30. The van der Waals surface area contributed by atoms with E-state index in [1.54, 1.807) is 0 Å². The molecule has 1 amide bonds. The van der Waals surface area contributed by atoms with Crippen LogP contribution in [0.3, 0.4) is 0 Å². The second-order valence-electron chi connectivity index (χ2n) is 4.92. The van der Waals surface area contributed by atoms with Gasteiger partial charge < -0.3 is 5.73 Å². The van der Waals surface area contributed by atoms with Crippen LogP contribution in [-0.2, 0) is 4.79 Å². The van der Waals surface area contributed by atoms with Gasteiger partial charge in [-0.1, -0.05) is 57.6 Å². The van der Waals surface area contributed by atoms with Gasteiger partial charge in [0.2, 0.25) is 5.91 Å². The van der Waals surface area contributed by atoms with E-state index >= 15 is 0 Å². The Morgan fingerprint density at radius 1 is 1.11 bits per heavy atom. The standard InChI is InChI=1S/C16H27NO/c1-4-5-6-7-8-9-10-11-12-15(16(17)18)13-14(2)3/h6-7,10-12,14H,4-5,8-9,13H2,1-3H3,(H2,17,18). The molecule has 0 radical (unpaired) electrons. The molecule has 0 aromatic heterocycles. The first-order valence-corrected chi connectivity index (χ1v) is 6.88. The van der Waals surface area contributed by atoms with E-state index in [0.717, 1.165) is 25.7 Å². The van der Waals surface area contributed by atoms with Crippen LogP contribution in [0.4, 0.5) is 0 Å². The van der Waals surface area contributed by atoms with Crippen molar-refractivity contribution >= 4 is 5.91 Å². The normalized spacial score (nSPS) is 13.0. The van der Waals surface area contributed by atoms with Gasteiger partial charge in [-0.05, 0) is 31.6 Å². The Kier molecular flexibility index (Phi) is 10.0. The third-order valence-corrected chi connectivity index (χ3v) is 2.50. The molecule has 0 bridgehead atoms. The van der Waals surface area contributed by atoms with E-state index in [1.807, 2.05) is 12.2 Å². The van der Waals surface area contributed by atoms with Crippen LogP contribution in [-0.4, -0.2) is 5.91 Å². The van der Waals surface area contributed by atoms with Crippen LogP contribution in [0.2, 0.25) is 0 Å². The molecule has 0 heterocycles. The first kappa shape index (κ1) is 16.7. The molecule has 2 nitrogen and oxygen atoms in total. The predicted molar refractivity (Wildman–Crippen MR) is 79.2 cm³/mol. The fourth-order valence-electron chi connectivity index (χ4n) is 1.57. The van der Waals surface area contributed by atoms with Crippen LogP contribution in [0.1, 0.15) is 52.9 Å². The van der Waals surface area contributed by atoms with Crippen molar-refractivity contribution in [2.45, 2.75) is 52.9 Å². The largest absolute Gasteiger partial charge is 0.366 e. The van der Waals surface area contributed by atoms with E-state index in [0.29, 0.717) is 11.5 Å². The molecule has 0 aliphatic rings. The number of nitrogens with two attached hydrogens (primary N) is 1. The maximum Gasteiger partial charge on any atom is 0.244 e. The maximum absolute atomic E-state index is 11.2. The van der Waals surface area contributed by atoms with Gasteiger partial charge >= 0.3 is 0 Å². The van der Waals surface area contributed by atoms with Crippen LogP contribution >= 0.6 is 0 Å². The molecule has 0 saturated heterocycles.